The Hall–Kier alpha value is -4.06. The van der Waals surface area contributed by atoms with Crippen LogP contribution in [-0.4, -0.2) is 51.9 Å². The second kappa shape index (κ2) is 12.9. The Labute approximate surface area is 231 Å². The lowest BCUT2D eigenvalue weighted by Gasteiger charge is -2.33. The SMILES string of the molecule is CC[C@@H](C(=O)NC)N(Cc1cccc(OC)c1)C(=O)CN(c1cccc(C(F)(F)F)c1)S(=O)(=O)c1ccccc1. The van der Waals surface area contributed by atoms with Crippen LogP contribution in [0.3, 0.4) is 0 Å². The van der Waals surface area contributed by atoms with Crippen LogP contribution in [0.15, 0.2) is 83.8 Å². The van der Waals surface area contributed by atoms with Crippen molar-refractivity contribution < 1.29 is 35.9 Å². The molecule has 2 amide bonds. The van der Waals surface area contributed by atoms with Gasteiger partial charge in [-0.1, -0.05) is 43.3 Å². The van der Waals surface area contributed by atoms with E-state index in [0.717, 1.165) is 12.1 Å². The molecule has 3 aromatic carbocycles. The monoisotopic (exact) mass is 577 g/mol. The molecular weight excluding hydrogens is 547 g/mol. The maximum Gasteiger partial charge on any atom is 0.416 e. The first-order valence-corrected chi connectivity index (χ1v) is 13.8. The van der Waals surface area contributed by atoms with Crippen LogP contribution in [0.5, 0.6) is 5.75 Å². The van der Waals surface area contributed by atoms with Crippen molar-refractivity contribution >= 4 is 27.5 Å². The molecule has 0 saturated carbocycles. The molecule has 0 bridgehead atoms. The maximum absolute atomic E-state index is 13.9. The molecule has 0 spiro atoms. The van der Waals surface area contributed by atoms with Crippen molar-refractivity contribution in [2.24, 2.45) is 0 Å². The Kier molecular flexibility index (Phi) is 9.80. The van der Waals surface area contributed by atoms with Crippen molar-refractivity contribution in [3.8, 4) is 5.75 Å². The highest BCUT2D eigenvalue weighted by atomic mass is 32.2. The minimum Gasteiger partial charge on any atom is -0.497 e. The van der Waals surface area contributed by atoms with E-state index < -0.39 is 46.2 Å². The molecule has 214 valence electrons. The van der Waals surface area contributed by atoms with Gasteiger partial charge in [0.1, 0.15) is 18.3 Å². The lowest BCUT2D eigenvalue weighted by Crippen LogP contribution is -2.51. The largest absolute Gasteiger partial charge is 0.497 e. The van der Waals surface area contributed by atoms with Crippen molar-refractivity contribution in [2.45, 2.75) is 37.0 Å². The molecule has 0 radical (unpaired) electrons. The Morgan fingerprint density at radius 1 is 0.975 bits per heavy atom. The molecule has 8 nitrogen and oxygen atoms in total. The Morgan fingerprint density at radius 2 is 1.65 bits per heavy atom. The number of benzene rings is 3. The third kappa shape index (κ3) is 7.12. The van der Waals surface area contributed by atoms with Crippen molar-refractivity contribution in [2.75, 3.05) is 25.0 Å². The van der Waals surface area contributed by atoms with E-state index in [1.54, 1.807) is 37.3 Å². The first-order valence-electron chi connectivity index (χ1n) is 12.3. The first-order chi connectivity index (χ1) is 18.9. The number of hydrogen-bond donors (Lipinski definition) is 1. The standard InChI is InChI=1S/C28H30F3N3O5S/c1-4-25(27(36)32-2)33(18-20-10-8-13-23(16-20)39-3)26(35)19-34(40(37,38)24-14-6-5-7-15-24)22-12-9-11-21(17-22)28(29,30)31/h5-17,25H,4,18-19H2,1-3H3,(H,32,36)/t25-/m0/s1. The zero-order valence-electron chi connectivity index (χ0n) is 22.2. The lowest BCUT2D eigenvalue weighted by atomic mass is 10.1. The molecule has 1 N–H and O–H groups in total. The van der Waals surface area contributed by atoms with Gasteiger partial charge in [0.05, 0.1) is 23.3 Å². The van der Waals surface area contributed by atoms with Gasteiger partial charge in [0.2, 0.25) is 11.8 Å². The second-order valence-corrected chi connectivity index (χ2v) is 10.6. The highest BCUT2D eigenvalue weighted by Gasteiger charge is 2.35. The van der Waals surface area contributed by atoms with E-state index in [4.69, 9.17) is 4.74 Å². The number of nitrogens with one attached hydrogen (secondary N) is 1. The predicted molar refractivity (Wildman–Crippen MR) is 144 cm³/mol. The quantitative estimate of drug-likeness (QED) is 0.363. The molecule has 0 aromatic heterocycles. The van der Waals surface area contributed by atoms with Gasteiger partial charge in [-0.2, -0.15) is 13.2 Å². The fourth-order valence-corrected chi connectivity index (χ4v) is 5.57. The average molecular weight is 578 g/mol. The molecule has 0 heterocycles. The van der Waals surface area contributed by atoms with Crippen LogP contribution in [0.25, 0.3) is 0 Å². The van der Waals surface area contributed by atoms with E-state index in [1.165, 1.54) is 49.4 Å². The number of nitrogens with zero attached hydrogens (tertiary/aromatic N) is 2. The lowest BCUT2D eigenvalue weighted by molar-refractivity contribution is -0.140. The van der Waals surface area contributed by atoms with E-state index >= 15 is 0 Å². The molecule has 0 unspecified atom stereocenters. The van der Waals surface area contributed by atoms with Gasteiger partial charge in [-0.25, -0.2) is 8.42 Å². The number of anilines is 1. The van der Waals surface area contributed by atoms with Gasteiger partial charge in [0.15, 0.2) is 0 Å². The number of methoxy groups -OCH3 is 1. The maximum atomic E-state index is 13.9. The summed E-state index contributed by atoms with van der Waals surface area (Å²) in [6.07, 6.45) is -4.54. The molecule has 0 fully saturated rings. The Bertz CT molecular complexity index is 1430. The second-order valence-electron chi connectivity index (χ2n) is 8.78. The van der Waals surface area contributed by atoms with Crippen molar-refractivity contribution in [1.29, 1.82) is 0 Å². The number of hydrogen-bond acceptors (Lipinski definition) is 5. The summed E-state index contributed by atoms with van der Waals surface area (Å²) < 4.78 is 73.9. The van der Waals surface area contributed by atoms with Crippen LogP contribution >= 0.6 is 0 Å². The molecule has 1 atom stereocenters. The van der Waals surface area contributed by atoms with Crippen LogP contribution in [0.1, 0.15) is 24.5 Å². The number of sulfonamides is 1. The van der Waals surface area contributed by atoms with Crippen LogP contribution in [0.2, 0.25) is 0 Å². The highest BCUT2D eigenvalue weighted by molar-refractivity contribution is 7.92. The molecule has 40 heavy (non-hydrogen) atoms. The molecular formula is C28H30F3N3O5S. The third-order valence-corrected chi connectivity index (χ3v) is 7.98. The number of ether oxygens (including phenoxy) is 1. The smallest absolute Gasteiger partial charge is 0.416 e. The molecule has 0 aliphatic rings. The van der Waals surface area contributed by atoms with Gasteiger partial charge in [-0.3, -0.25) is 13.9 Å². The summed E-state index contributed by atoms with van der Waals surface area (Å²) in [5.74, 6) is -0.749. The molecule has 12 heteroatoms. The van der Waals surface area contributed by atoms with Crippen molar-refractivity contribution in [1.82, 2.24) is 10.2 Å². The fraction of sp³-hybridized carbons (Fsp3) is 0.286. The number of carbonyl (C=O) groups excluding carboxylic acids is 2. The Morgan fingerprint density at radius 3 is 2.25 bits per heavy atom. The van der Waals surface area contributed by atoms with E-state index in [2.05, 4.69) is 5.32 Å². The van der Waals surface area contributed by atoms with Gasteiger partial charge in [0, 0.05) is 13.6 Å². The zero-order valence-corrected chi connectivity index (χ0v) is 23.0. The number of likely N-dealkylation sites (N-methyl/N-ethyl adjacent to an activating group) is 1. The average Bonchev–Trinajstić information content (AvgIpc) is 2.95. The molecule has 0 saturated heterocycles. The Balaban J connectivity index is 2.11. The summed E-state index contributed by atoms with van der Waals surface area (Å²) in [5.41, 5.74) is -0.816. The van der Waals surface area contributed by atoms with E-state index in [0.29, 0.717) is 21.7 Å². The van der Waals surface area contributed by atoms with E-state index in [1.807, 2.05) is 0 Å². The fourth-order valence-electron chi connectivity index (χ4n) is 4.14. The van der Waals surface area contributed by atoms with Crippen molar-refractivity contribution in [3.05, 3.63) is 90.0 Å². The van der Waals surface area contributed by atoms with Crippen LogP contribution in [0.4, 0.5) is 18.9 Å². The number of amides is 2. The third-order valence-electron chi connectivity index (χ3n) is 6.19. The minimum absolute atomic E-state index is 0.0796. The molecule has 3 aromatic rings. The summed E-state index contributed by atoms with van der Waals surface area (Å²) in [5, 5.41) is 2.51. The van der Waals surface area contributed by atoms with E-state index in [9.17, 15) is 31.2 Å². The number of halogens is 3. The first kappa shape index (κ1) is 30.5. The summed E-state index contributed by atoms with van der Waals surface area (Å²) in [7, 11) is -1.60. The topological polar surface area (TPSA) is 96.0 Å². The van der Waals surface area contributed by atoms with E-state index in [-0.39, 0.29) is 23.5 Å². The van der Waals surface area contributed by atoms with Crippen molar-refractivity contribution in [3.63, 3.8) is 0 Å². The number of carbonyl (C=O) groups is 2. The number of alkyl halides is 3. The van der Waals surface area contributed by atoms with Crippen LogP contribution < -0.4 is 14.4 Å². The molecule has 0 aliphatic heterocycles. The van der Waals surface area contributed by atoms with Crippen LogP contribution in [-0.2, 0) is 32.3 Å². The van der Waals surface area contributed by atoms with Gasteiger partial charge in [0.25, 0.3) is 10.0 Å². The summed E-state index contributed by atoms with van der Waals surface area (Å²) >= 11 is 0. The predicted octanol–water partition coefficient (Wildman–Crippen LogP) is 4.46. The molecule has 0 aliphatic carbocycles. The minimum atomic E-state index is -4.74. The molecule has 3 rings (SSSR count). The number of rotatable bonds is 11. The van der Waals surface area contributed by atoms with Gasteiger partial charge in [-0.15, -0.1) is 0 Å². The highest BCUT2D eigenvalue weighted by Crippen LogP contribution is 2.33. The van der Waals surface area contributed by atoms with Gasteiger partial charge in [-0.05, 0) is 54.4 Å². The summed E-state index contributed by atoms with van der Waals surface area (Å²) in [4.78, 5) is 27.6. The van der Waals surface area contributed by atoms with Gasteiger partial charge >= 0.3 is 6.18 Å². The zero-order chi connectivity index (χ0) is 29.5. The van der Waals surface area contributed by atoms with Crippen LogP contribution in [0, 0.1) is 0 Å². The van der Waals surface area contributed by atoms with Gasteiger partial charge < -0.3 is 15.0 Å². The summed E-state index contributed by atoms with van der Waals surface area (Å²) in [6.45, 7) is 0.761. The normalized spacial score (nSPS) is 12.3. The summed E-state index contributed by atoms with van der Waals surface area (Å²) in [6, 6.07) is 16.6.